The van der Waals surface area contributed by atoms with Crippen LogP contribution >= 0.6 is 27.3 Å². The monoisotopic (exact) mass is 330 g/mol. The van der Waals surface area contributed by atoms with E-state index in [0.717, 1.165) is 27.2 Å². The Morgan fingerprint density at radius 2 is 1.79 bits per heavy atom. The van der Waals surface area contributed by atoms with E-state index in [4.69, 9.17) is 4.98 Å². The standard InChI is InChI=1S/C15H11BrN2S/c16-9-13-14(11-5-2-1-3-6-11)18-15(19-13)12-7-4-8-17-10-12/h1-8,10H,9H2. The molecule has 0 aliphatic carbocycles. The third-order valence-electron chi connectivity index (χ3n) is 2.77. The van der Waals surface area contributed by atoms with Gasteiger partial charge in [0, 0.05) is 33.7 Å². The van der Waals surface area contributed by atoms with E-state index < -0.39 is 0 Å². The van der Waals surface area contributed by atoms with Crippen molar-refractivity contribution in [3.05, 3.63) is 59.7 Å². The Hall–Kier alpha value is -1.52. The van der Waals surface area contributed by atoms with Crippen LogP contribution < -0.4 is 0 Å². The molecule has 4 heteroatoms. The normalized spacial score (nSPS) is 10.6. The van der Waals surface area contributed by atoms with Crippen molar-refractivity contribution in [2.45, 2.75) is 5.33 Å². The van der Waals surface area contributed by atoms with Crippen molar-refractivity contribution in [3.63, 3.8) is 0 Å². The summed E-state index contributed by atoms with van der Waals surface area (Å²) in [4.78, 5) is 10.2. The number of pyridine rings is 1. The van der Waals surface area contributed by atoms with Crippen molar-refractivity contribution < 1.29 is 0 Å². The fraction of sp³-hybridized carbons (Fsp3) is 0.0667. The summed E-state index contributed by atoms with van der Waals surface area (Å²) in [6, 6.07) is 14.3. The molecule has 2 nitrogen and oxygen atoms in total. The molecule has 0 aliphatic rings. The Morgan fingerprint density at radius 3 is 2.47 bits per heavy atom. The number of nitrogens with zero attached hydrogens (tertiary/aromatic N) is 2. The van der Waals surface area contributed by atoms with Gasteiger partial charge >= 0.3 is 0 Å². The molecule has 2 heterocycles. The highest BCUT2D eigenvalue weighted by molar-refractivity contribution is 9.08. The first-order chi connectivity index (χ1) is 9.38. The zero-order valence-electron chi connectivity index (χ0n) is 10.1. The van der Waals surface area contributed by atoms with Crippen LogP contribution in [0.1, 0.15) is 4.88 Å². The Bertz CT molecular complexity index is 665. The largest absolute Gasteiger partial charge is 0.264 e. The summed E-state index contributed by atoms with van der Waals surface area (Å²) in [7, 11) is 0. The predicted molar refractivity (Wildman–Crippen MR) is 83.4 cm³/mol. The second-order valence-electron chi connectivity index (χ2n) is 4.03. The van der Waals surface area contributed by atoms with Crippen LogP contribution in [0.15, 0.2) is 54.9 Å². The summed E-state index contributed by atoms with van der Waals surface area (Å²) in [6.07, 6.45) is 3.63. The van der Waals surface area contributed by atoms with Gasteiger partial charge < -0.3 is 0 Å². The molecule has 3 aromatic rings. The number of halogens is 1. The summed E-state index contributed by atoms with van der Waals surface area (Å²) < 4.78 is 0. The lowest BCUT2D eigenvalue weighted by atomic mass is 10.1. The van der Waals surface area contributed by atoms with Crippen molar-refractivity contribution in [3.8, 4) is 21.8 Å². The predicted octanol–water partition coefficient (Wildman–Crippen LogP) is 4.77. The van der Waals surface area contributed by atoms with E-state index in [9.17, 15) is 0 Å². The molecule has 0 N–H and O–H groups in total. The molecule has 0 spiro atoms. The van der Waals surface area contributed by atoms with E-state index >= 15 is 0 Å². The van der Waals surface area contributed by atoms with E-state index in [1.165, 1.54) is 4.88 Å². The van der Waals surface area contributed by atoms with Crippen molar-refractivity contribution in [1.29, 1.82) is 0 Å². The molecule has 0 atom stereocenters. The molecule has 0 aliphatic heterocycles. The zero-order chi connectivity index (χ0) is 13.1. The van der Waals surface area contributed by atoms with Crippen LogP contribution in [0.3, 0.4) is 0 Å². The summed E-state index contributed by atoms with van der Waals surface area (Å²) in [6.45, 7) is 0. The minimum absolute atomic E-state index is 0.815. The Morgan fingerprint density at radius 1 is 1.00 bits per heavy atom. The van der Waals surface area contributed by atoms with Crippen LogP contribution in [0.2, 0.25) is 0 Å². The average Bonchev–Trinajstić information content (AvgIpc) is 2.93. The van der Waals surface area contributed by atoms with Crippen LogP contribution in [0.4, 0.5) is 0 Å². The van der Waals surface area contributed by atoms with Gasteiger partial charge in [0.1, 0.15) is 5.01 Å². The van der Waals surface area contributed by atoms with Gasteiger partial charge in [-0.1, -0.05) is 46.3 Å². The molecular formula is C15H11BrN2S. The molecule has 0 saturated heterocycles. The Balaban J connectivity index is 2.09. The zero-order valence-corrected chi connectivity index (χ0v) is 12.5. The van der Waals surface area contributed by atoms with Gasteiger partial charge in [-0.05, 0) is 12.1 Å². The van der Waals surface area contributed by atoms with E-state index in [2.05, 4.69) is 33.0 Å². The SMILES string of the molecule is BrCc1sc(-c2cccnc2)nc1-c1ccccc1. The van der Waals surface area contributed by atoms with E-state index in [0.29, 0.717) is 0 Å². The van der Waals surface area contributed by atoms with Crippen molar-refractivity contribution in [1.82, 2.24) is 9.97 Å². The maximum atomic E-state index is 4.77. The van der Waals surface area contributed by atoms with Gasteiger partial charge in [0.25, 0.3) is 0 Å². The lowest BCUT2D eigenvalue weighted by molar-refractivity contribution is 1.31. The van der Waals surface area contributed by atoms with Gasteiger partial charge in [-0.3, -0.25) is 4.98 Å². The van der Waals surface area contributed by atoms with Gasteiger partial charge in [0.05, 0.1) is 5.69 Å². The summed E-state index contributed by atoms with van der Waals surface area (Å²) >= 11 is 5.26. The van der Waals surface area contributed by atoms with Crippen LogP contribution in [0, 0.1) is 0 Å². The Labute approximate surface area is 124 Å². The third-order valence-corrected chi connectivity index (χ3v) is 4.81. The Kier molecular flexibility index (Phi) is 3.71. The molecule has 0 radical (unpaired) electrons. The number of benzene rings is 1. The first-order valence-electron chi connectivity index (χ1n) is 5.90. The van der Waals surface area contributed by atoms with Crippen molar-refractivity contribution in [2.75, 3.05) is 0 Å². The lowest BCUT2D eigenvalue weighted by Gasteiger charge is -1.98. The van der Waals surface area contributed by atoms with Gasteiger partial charge in [-0.15, -0.1) is 11.3 Å². The molecule has 0 saturated carbocycles. The van der Waals surface area contributed by atoms with E-state index in [-0.39, 0.29) is 0 Å². The van der Waals surface area contributed by atoms with Crippen LogP contribution in [-0.2, 0) is 5.33 Å². The van der Waals surface area contributed by atoms with Crippen molar-refractivity contribution in [2.24, 2.45) is 0 Å². The molecule has 0 unspecified atom stereocenters. The smallest absolute Gasteiger partial charge is 0.125 e. The molecule has 0 amide bonds. The first kappa shape index (κ1) is 12.5. The molecule has 3 rings (SSSR count). The summed E-state index contributed by atoms with van der Waals surface area (Å²) in [5.74, 6) is 0. The number of thiazole rings is 1. The van der Waals surface area contributed by atoms with Gasteiger partial charge in [-0.25, -0.2) is 4.98 Å². The molecule has 0 bridgehead atoms. The number of rotatable bonds is 3. The third kappa shape index (κ3) is 2.60. The van der Waals surface area contributed by atoms with Crippen LogP contribution in [0.25, 0.3) is 21.8 Å². The number of hydrogen-bond donors (Lipinski definition) is 0. The molecule has 19 heavy (non-hydrogen) atoms. The van der Waals surface area contributed by atoms with E-state index in [1.807, 2.05) is 36.5 Å². The van der Waals surface area contributed by atoms with Gasteiger partial charge in [0.15, 0.2) is 0 Å². The van der Waals surface area contributed by atoms with Crippen LogP contribution in [-0.4, -0.2) is 9.97 Å². The summed E-state index contributed by atoms with van der Waals surface area (Å²) in [5, 5.41) is 1.83. The number of aromatic nitrogens is 2. The molecular weight excluding hydrogens is 320 g/mol. The molecule has 94 valence electrons. The average molecular weight is 331 g/mol. The van der Waals surface area contributed by atoms with Gasteiger partial charge in [0.2, 0.25) is 0 Å². The van der Waals surface area contributed by atoms with Crippen LogP contribution in [0.5, 0.6) is 0 Å². The number of alkyl halides is 1. The highest BCUT2D eigenvalue weighted by atomic mass is 79.9. The fourth-order valence-corrected chi connectivity index (χ4v) is 3.41. The molecule has 0 fully saturated rings. The quantitative estimate of drug-likeness (QED) is 0.646. The maximum absolute atomic E-state index is 4.77. The lowest BCUT2D eigenvalue weighted by Crippen LogP contribution is -1.82. The number of hydrogen-bond acceptors (Lipinski definition) is 3. The second-order valence-corrected chi connectivity index (χ2v) is 5.68. The highest BCUT2D eigenvalue weighted by Crippen LogP contribution is 2.34. The fourth-order valence-electron chi connectivity index (χ4n) is 1.88. The van der Waals surface area contributed by atoms with Crippen molar-refractivity contribution >= 4 is 27.3 Å². The second kappa shape index (κ2) is 5.63. The first-order valence-corrected chi connectivity index (χ1v) is 7.84. The maximum Gasteiger partial charge on any atom is 0.125 e. The van der Waals surface area contributed by atoms with Gasteiger partial charge in [-0.2, -0.15) is 0 Å². The highest BCUT2D eigenvalue weighted by Gasteiger charge is 2.13. The molecule has 1 aromatic carbocycles. The summed E-state index contributed by atoms with van der Waals surface area (Å²) in [5.41, 5.74) is 3.28. The minimum Gasteiger partial charge on any atom is -0.264 e. The molecule has 2 aromatic heterocycles. The minimum atomic E-state index is 0.815. The van der Waals surface area contributed by atoms with E-state index in [1.54, 1.807) is 17.5 Å². The topological polar surface area (TPSA) is 25.8 Å².